The highest BCUT2D eigenvalue weighted by Gasteiger charge is 2.25. The van der Waals surface area contributed by atoms with Gasteiger partial charge in [-0.1, -0.05) is 36.8 Å². The number of pyridine rings is 1. The summed E-state index contributed by atoms with van der Waals surface area (Å²) >= 11 is 0. The number of hydrogen-bond acceptors (Lipinski definition) is 4. The smallest absolute Gasteiger partial charge is 0.0994 e. The molecule has 4 heteroatoms. The van der Waals surface area contributed by atoms with Crippen molar-refractivity contribution in [2.24, 2.45) is 0 Å². The summed E-state index contributed by atoms with van der Waals surface area (Å²) in [5, 5.41) is 24.9. The molecule has 136 valence electrons. The lowest BCUT2D eigenvalue weighted by Gasteiger charge is -2.29. The van der Waals surface area contributed by atoms with Crippen LogP contribution in [0.4, 0.5) is 0 Å². The zero-order chi connectivity index (χ0) is 18.8. The number of piperidine rings is 1. The van der Waals surface area contributed by atoms with Crippen LogP contribution in [-0.2, 0) is 0 Å². The molecule has 1 saturated heterocycles. The Morgan fingerprint density at radius 3 is 2.81 bits per heavy atom. The minimum absolute atomic E-state index is 0.0603. The van der Waals surface area contributed by atoms with E-state index in [2.05, 4.69) is 11.4 Å². The molecule has 0 bridgehead atoms. The molecular formula is C23H23N3O. The highest BCUT2D eigenvalue weighted by atomic mass is 16.3. The van der Waals surface area contributed by atoms with Crippen LogP contribution in [0.15, 0.2) is 48.5 Å². The lowest BCUT2D eigenvalue weighted by molar-refractivity contribution is 0.115. The molecule has 2 N–H and O–H groups in total. The highest BCUT2D eigenvalue weighted by Crippen LogP contribution is 2.32. The first-order chi connectivity index (χ1) is 13.2. The number of hydrogen-bond donors (Lipinski definition) is 2. The van der Waals surface area contributed by atoms with Crippen molar-refractivity contribution in [1.29, 1.82) is 5.26 Å². The molecule has 4 rings (SSSR count). The van der Waals surface area contributed by atoms with Crippen molar-refractivity contribution in [2.75, 3.05) is 6.54 Å². The first-order valence-electron chi connectivity index (χ1n) is 9.49. The summed E-state index contributed by atoms with van der Waals surface area (Å²) in [5.41, 5.74) is 5.04. The van der Waals surface area contributed by atoms with E-state index >= 15 is 0 Å². The van der Waals surface area contributed by atoms with Crippen LogP contribution in [-0.4, -0.2) is 22.7 Å². The van der Waals surface area contributed by atoms with E-state index in [4.69, 9.17) is 4.98 Å². The Balaban J connectivity index is 1.84. The van der Waals surface area contributed by atoms with Gasteiger partial charge in [0.05, 0.1) is 28.9 Å². The molecule has 0 spiro atoms. The van der Waals surface area contributed by atoms with Gasteiger partial charge in [0.25, 0.3) is 0 Å². The van der Waals surface area contributed by atoms with Crippen LogP contribution in [0.1, 0.15) is 42.1 Å². The van der Waals surface area contributed by atoms with E-state index in [1.807, 2.05) is 55.5 Å². The maximum absolute atomic E-state index is 11.1. The highest BCUT2D eigenvalue weighted by molar-refractivity contribution is 5.85. The van der Waals surface area contributed by atoms with Crippen molar-refractivity contribution in [3.63, 3.8) is 0 Å². The summed E-state index contributed by atoms with van der Waals surface area (Å²) in [6, 6.07) is 18.0. The van der Waals surface area contributed by atoms with E-state index in [0.29, 0.717) is 5.56 Å². The van der Waals surface area contributed by atoms with Crippen LogP contribution < -0.4 is 5.32 Å². The molecule has 2 heterocycles. The topological polar surface area (TPSA) is 68.9 Å². The number of nitrogens with zero attached hydrogens (tertiary/aromatic N) is 2. The molecule has 2 aromatic carbocycles. The number of nitrogens with one attached hydrogen (secondary N) is 1. The molecule has 2 atom stereocenters. The number of fused-ring (bicyclic) bond motifs is 1. The number of nitriles is 1. The minimum atomic E-state index is -0.585. The second-order valence-corrected chi connectivity index (χ2v) is 7.26. The van der Waals surface area contributed by atoms with Crippen molar-refractivity contribution in [1.82, 2.24) is 10.3 Å². The molecule has 0 saturated carbocycles. The Hall–Kier alpha value is -2.74. The van der Waals surface area contributed by atoms with Gasteiger partial charge in [0.15, 0.2) is 0 Å². The van der Waals surface area contributed by atoms with Crippen molar-refractivity contribution >= 4 is 10.9 Å². The van der Waals surface area contributed by atoms with Gasteiger partial charge in [-0.25, -0.2) is 4.98 Å². The molecule has 1 aliphatic heterocycles. The molecule has 1 fully saturated rings. The van der Waals surface area contributed by atoms with Gasteiger partial charge in [0.1, 0.15) is 0 Å². The molecule has 3 aromatic rings. The monoisotopic (exact) mass is 357 g/mol. The third-order valence-corrected chi connectivity index (χ3v) is 5.45. The number of aryl methyl sites for hydroxylation is 1. The Morgan fingerprint density at radius 2 is 2.04 bits per heavy atom. The Bertz CT molecular complexity index is 1020. The Labute approximate surface area is 159 Å². The van der Waals surface area contributed by atoms with Gasteiger partial charge in [-0.05, 0) is 55.6 Å². The van der Waals surface area contributed by atoms with Gasteiger partial charge in [0.2, 0.25) is 0 Å². The van der Waals surface area contributed by atoms with Gasteiger partial charge in [-0.3, -0.25) is 0 Å². The largest absolute Gasteiger partial charge is 0.387 e. The summed E-state index contributed by atoms with van der Waals surface area (Å²) in [5.74, 6) is 0. The summed E-state index contributed by atoms with van der Waals surface area (Å²) in [4.78, 5) is 4.80. The quantitative estimate of drug-likeness (QED) is 0.735. The zero-order valence-corrected chi connectivity index (χ0v) is 15.4. The van der Waals surface area contributed by atoms with Crippen LogP contribution in [0.25, 0.3) is 22.2 Å². The number of aliphatic hydroxyl groups is 1. The van der Waals surface area contributed by atoms with Gasteiger partial charge >= 0.3 is 0 Å². The van der Waals surface area contributed by atoms with Crippen molar-refractivity contribution in [2.45, 2.75) is 38.3 Å². The maximum atomic E-state index is 11.1. The van der Waals surface area contributed by atoms with Crippen molar-refractivity contribution in [3.05, 3.63) is 65.2 Å². The van der Waals surface area contributed by atoms with Crippen LogP contribution >= 0.6 is 0 Å². The molecule has 1 unspecified atom stereocenters. The van der Waals surface area contributed by atoms with Crippen LogP contribution in [0, 0.1) is 18.3 Å². The molecule has 1 aromatic heterocycles. The van der Waals surface area contributed by atoms with Gasteiger partial charge in [-0.15, -0.1) is 0 Å². The summed E-state index contributed by atoms with van der Waals surface area (Å²) < 4.78 is 0. The average molecular weight is 357 g/mol. The SMILES string of the molecule is Cc1ccc(-c2cc([C@@H](O)C3CCCCN3)c3ccccc3n2)cc1C#N. The van der Waals surface area contributed by atoms with Crippen LogP contribution in [0.3, 0.4) is 0 Å². The molecule has 27 heavy (non-hydrogen) atoms. The molecule has 4 nitrogen and oxygen atoms in total. The lowest BCUT2D eigenvalue weighted by atomic mass is 9.91. The summed E-state index contributed by atoms with van der Waals surface area (Å²) in [6.45, 7) is 2.88. The number of aliphatic hydroxyl groups excluding tert-OH is 1. The average Bonchev–Trinajstić information content (AvgIpc) is 2.73. The number of para-hydroxylation sites is 1. The number of benzene rings is 2. The first kappa shape index (κ1) is 17.7. The lowest BCUT2D eigenvalue weighted by Crippen LogP contribution is -2.38. The third kappa shape index (κ3) is 3.44. The molecule has 0 aliphatic carbocycles. The number of rotatable bonds is 3. The third-order valence-electron chi connectivity index (χ3n) is 5.45. The Kier molecular flexibility index (Phi) is 4.89. The van der Waals surface area contributed by atoms with E-state index in [-0.39, 0.29) is 6.04 Å². The molecule has 0 radical (unpaired) electrons. The van der Waals surface area contributed by atoms with E-state index in [1.165, 1.54) is 0 Å². The fourth-order valence-electron chi connectivity index (χ4n) is 3.86. The predicted octanol–water partition coefficient (Wildman–Crippen LogP) is 4.26. The number of aromatic nitrogens is 1. The second-order valence-electron chi connectivity index (χ2n) is 7.26. The standard InChI is InChI=1S/C23H23N3O/c1-15-9-10-16(12-17(15)14-24)22-13-19(18-6-2-3-7-20(18)26-22)23(27)21-8-4-5-11-25-21/h2-3,6-7,9-10,12-13,21,23,25,27H,4-5,8,11H2,1H3/t21?,23-/m1/s1. The Morgan fingerprint density at radius 1 is 1.19 bits per heavy atom. The van der Waals surface area contributed by atoms with E-state index in [1.54, 1.807) is 0 Å². The van der Waals surface area contributed by atoms with Gasteiger partial charge in [-0.2, -0.15) is 5.26 Å². The van der Waals surface area contributed by atoms with Crippen LogP contribution in [0.5, 0.6) is 0 Å². The van der Waals surface area contributed by atoms with E-state index in [0.717, 1.165) is 59.1 Å². The summed E-state index contributed by atoms with van der Waals surface area (Å²) in [7, 11) is 0. The fourth-order valence-corrected chi connectivity index (χ4v) is 3.86. The van der Waals surface area contributed by atoms with Crippen LogP contribution in [0.2, 0.25) is 0 Å². The van der Waals surface area contributed by atoms with E-state index in [9.17, 15) is 10.4 Å². The molecule has 1 aliphatic rings. The molecular weight excluding hydrogens is 334 g/mol. The van der Waals surface area contributed by atoms with Crippen molar-refractivity contribution < 1.29 is 5.11 Å². The van der Waals surface area contributed by atoms with E-state index < -0.39 is 6.10 Å². The second kappa shape index (κ2) is 7.48. The fraction of sp³-hybridized carbons (Fsp3) is 0.304. The predicted molar refractivity (Wildman–Crippen MR) is 107 cm³/mol. The molecule has 0 amide bonds. The normalized spacial score (nSPS) is 18.2. The van der Waals surface area contributed by atoms with Crippen molar-refractivity contribution in [3.8, 4) is 17.3 Å². The summed E-state index contributed by atoms with van der Waals surface area (Å²) in [6.07, 6.45) is 2.67. The van der Waals surface area contributed by atoms with Gasteiger partial charge in [0, 0.05) is 17.0 Å². The van der Waals surface area contributed by atoms with Gasteiger partial charge < -0.3 is 10.4 Å². The minimum Gasteiger partial charge on any atom is -0.387 e. The zero-order valence-electron chi connectivity index (χ0n) is 15.4. The maximum Gasteiger partial charge on any atom is 0.0994 e. The first-order valence-corrected chi connectivity index (χ1v) is 9.49.